The molecule has 0 amide bonds. The van der Waals surface area contributed by atoms with E-state index in [9.17, 15) is 0 Å². The van der Waals surface area contributed by atoms with Crippen molar-refractivity contribution in [1.82, 2.24) is 9.80 Å². The quantitative estimate of drug-likeness (QED) is 0.661. The highest BCUT2D eigenvalue weighted by atomic mass is 16.3. The van der Waals surface area contributed by atoms with Gasteiger partial charge < -0.3 is 5.11 Å². The summed E-state index contributed by atoms with van der Waals surface area (Å²) in [5.74, 6) is 0. The van der Waals surface area contributed by atoms with Gasteiger partial charge in [-0.15, -0.1) is 0 Å². The van der Waals surface area contributed by atoms with Gasteiger partial charge >= 0.3 is 0 Å². The van der Waals surface area contributed by atoms with E-state index in [-0.39, 0.29) is 0 Å². The number of nitrogens with zero attached hydrogens (tertiary/aromatic N) is 2. The first-order chi connectivity index (χ1) is 6.31. The third-order valence-electron chi connectivity index (χ3n) is 3.45. The number of aliphatic hydroxyl groups excluding tert-OH is 1. The molecule has 0 radical (unpaired) electrons. The van der Waals surface area contributed by atoms with Gasteiger partial charge in [-0.2, -0.15) is 0 Å². The predicted octanol–water partition coefficient (Wildman–Crippen LogP) is 0.147. The topological polar surface area (TPSA) is 26.7 Å². The highest BCUT2D eigenvalue weighted by Gasteiger charge is 2.33. The van der Waals surface area contributed by atoms with E-state index in [2.05, 4.69) is 16.7 Å². The molecule has 0 saturated carbocycles. The normalized spacial score (nSPS) is 36.5. The van der Waals surface area contributed by atoms with Gasteiger partial charge in [0.1, 0.15) is 0 Å². The summed E-state index contributed by atoms with van der Waals surface area (Å²) < 4.78 is 0. The SMILES string of the molecule is CC1CN2CCCC2CN1CCO. The Labute approximate surface area is 80.3 Å². The van der Waals surface area contributed by atoms with Crippen molar-refractivity contribution in [1.29, 1.82) is 0 Å². The Bertz CT molecular complexity index is 174. The second-order valence-electron chi connectivity index (χ2n) is 4.36. The smallest absolute Gasteiger partial charge is 0.0558 e. The van der Waals surface area contributed by atoms with Gasteiger partial charge in [0.15, 0.2) is 0 Å². The van der Waals surface area contributed by atoms with Crippen LogP contribution in [0, 0.1) is 0 Å². The monoisotopic (exact) mass is 184 g/mol. The third kappa shape index (κ3) is 1.87. The Morgan fingerprint density at radius 2 is 2.23 bits per heavy atom. The molecule has 2 aliphatic rings. The van der Waals surface area contributed by atoms with Gasteiger partial charge in [0.2, 0.25) is 0 Å². The second kappa shape index (κ2) is 3.95. The van der Waals surface area contributed by atoms with Crippen LogP contribution in [0.2, 0.25) is 0 Å². The van der Waals surface area contributed by atoms with Gasteiger partial charge in [-0.1, -0.05) is 0 Å². The molecule has 2 unspecified atom stereocenters. The molecule has 0 spiro atoms. The zero-order valence-corrected chi connectivity index (χ0v) is 8.45. The van der Waals surface area contributed by atoms with E-state index in [1.807, 2.05) is 0 Å². The van der Waals surface area contributed by atoms with Crippen LogP contribution in [0.4, 0.5) is 0 Å². The van der Waals surface area contributed by atoms with Crippen LogP contribution in [0.5, 0.6) is 0 Å². The highest BCUT2D eigenvalue weighted by Crippen LogP contribution is 2.23. The predicted molar refractivity (Wildman–Crippen MR) is 52.7 cm³/mol. The summed E-state index contributed by atoms with van der Waals surface area (Å²) in [4.78, 5) is 5.03. The van der Waals surface area contributed by atoms with Gasteiger partial charge in [0, 0.05) is 31.7 Å². The minimum atomic E-state index is 0.303. The van der Waals surface area contributed by atoms with Crippen molar-refractivity contribution in [3.63, 3.8) is 0 Å². The molecule has 0 bridgehead atoms. The maximum Gasteiger partial charge on any atom is 0.0558 e. The minimum Gasteiger partial charge on any atom is -0.395 e. The molecular formula is C10H20N2O. The second-order valence-corrected chi connectivity index (χ2v) is 4.36. The van der Waals surface area contributed by atoms with Crippen LogP contribution in [0.25, 0.3) is 0 Å². The van der Waals surface area contributed by atoms with Crippen LogP contribution in [-0.2, 0) is 0 Å². The van der Waals surface area contributed by atoms with Gasteiger partial charge in [0.25, 0.3) is 0 Å². The maximum atomic E-state index is 8.92. The Hall–Kier alpha value is -0.120. The first-order valence-corrected chi connectivity index (χ1v) is 5.40. The van der Waals surface area contributed by atoms with E-state index in [0.29, 0.717) is 12.6 Å². The van der Waals surface area contributed by atoms with Crippen molar-refractivity contribution in [3.05, 3.63) is 0 Å². The van der Waals surface area contributed by atoms with Crippen LogP contribution >= 0.6 is 0 Å². The van der Waals surface area contributed by atoms with E-state index in [1.165, 1.54) is 32.5 Å². The van der Waals surface area contributed by atoms with Crippen LogP contribution in [0.1, 0.15) is 19.8 Å². The number of aliphatic hydroxyl groups is 1. The van der Waals surface area contributed by atoms with Crippen molar-refractivity contribution in [2.45, 2.75) is 31.8 Å². The average Bonchev–Trinajstić information content (AvgIpc) is 2.52. The summed E-state index contributed by atoms with van der Waals surface area (Å²) >= 11 is 0. The standard InChI is InChI=1S/C10H20N2O/c1-9-7-12-4-2-3-10(12)8-11(9)5-6-13/h9-10,13H,2-8H2,1H3. The van der Waals surface area contributed by atoms with E-state index >= 15 is 0 Å². The molecule has 13 heavy (non-hydrogen) atoms. The highest BCUT2D eigenvalue weighted by molar-refractivity contribution is 4.90. The molecule has 2 saturated heterocycles. The molecule has 0 aromatic rings. The number of piperazine rings is 1. The number of hydrogen-bond donors (Lipinski definition) is 1. The third-order valence-corrected chi connectivity index (χ3v) is 3.45. The Morgan fingerprint density at radius 3 is 3.00 bits per heavy atom. The molecule has 2 heterocycles. The zero-order chi connectivity index (χ0) is 9.26. The molecule has 2 aliphatic heterocycles. The first-order valence-electron chi connectivity index (χ1n) is 5.40. The fourth-order valence-electron chi connectivity index (χ4n) is 2.69. The molecule has 0 aromatic carbocycles. The Kier molecular flexibility index (Phi) is 2.86. The van der Waals surface area contributed by atoms with E-state index < -0.39 is 0 Å². The van der Waals surface area contributed by atoms with Gasteiger partial charge in [0.05, 0.1) is 6.61 Å². The van der Waals surface area contributed by atoms with Crippen LogP contribution < -0.4 is 0 Å². The lowest BCUT2D eigenvalue weighted by Crippen LogP contribution is -2.55. The van der Waals surface area contributed by atoms with E-state index in [0.717, 1.165) is 12.6 Å². The fourth-order valence-corrected chi connectivity index (χ4v) is 2.69. The summed E-state index contributed by atoms with van der Waals surface area (Å²) in [5, 5.41) is 8.92. The zero-order valence-electron chi connectivity index (χ0n) is 8.45. The molecule has 1 N–H and O–H groups in total. The van der Waals surface area contributed by atoms with Gasteiger partial charge in [-0.05, 0) is 26.3 Å². The molecule has 2 rings (SSSR count). The Morgan fingerprint density at radius 1 is 1.38 bits per heavy atom. The molecular weight excluding hydrogens is 164 g/mol. The van der Waals surface area contributed by atoms with Gasteiger partial charge in [-0.3, -0.25) is 9.80 Å². The maximum absolute atomic E-state index is 8.92. The largest absolute Gasteiger partial charge is 0.395 e. The molecule has 2 fully saturated rings. The molecule has 3 nitrogen and oxygen atoms in total. The van der Waals surface area contributed by atoms with Crippen molar-refractivity contribution in [2.24, 2.45) is 0 Å². The Balaban J connectivity index is 1.93. The fraction of sp³-hybridized carbons (Fsp3) is 1.00. The summed E-state index contributed by atoms with van der Waals surface area (Å²) in [6.45, 7) is 7.08. The lowest BCUT2D eigenvalue weighted by molar-refractivity contribution is 0.0473. The number of β-amino-alcohol motifs (C(OH)–C–C–N with tert-alkyl or cyclic N) is 1. The van der Waals surface area contributed by atoms with Crippen molar-refractivity contribution in [2.75, 3.05) is 32.8 Å². The average molecular weight is 184 g/mol. The summed E-state index contributed by atoms with van der Waals surface area (Å²) in [6.07, 6.45) is 2.72. The molecule has 0 aromatic heterocycles. The summed E-state index contributed by atoms with van der Waals surface area (Å²) in [6, 6.07) is 1.41. The van der Waals surface area contributed by atoms with Crippen LogP contribution in [-0.4, -0.2) is 59.8 Å². The number of fused-ring (bicyclic) bond motifs is 1. The van der Waals surface area contributed by atoms with Crippen LogP contribution in [0.15, 0.2) is 0 Å². The summed E-state index contributed by atoms with van der Waals surface area (Å²) in [7, 11) is 0. The van der Waals surface area contributed by atoms with Crippen molar-refractivity contribution >= 4 is 0 Å². The lowest BCUT2D eigenvalue weighted by atomic mass is 10.1. The first kappa shape index (κ1) is 9.44. The molecule has 2 atom stereocenters. The van der Waals surface area contributed by atoms with E-state index in [1.54, 1.807) is 0 Å². The number of rotatable bonds is 2. The molecule has 3 heteroatoms. The van der Waals surface area contributed by atoms with Crippen molar-refractivity contribution in [3.8, 4) is 0 Å². The van der Waals surface area contributed by atoms with Crippen molar-refractivity contribution < 1.29 is 5.11 Å². The van der Waals surface area contributed by atoms with Gasteiger partial charge in [-0.25, -0.2) is 0 Å². The van der Waals surface area contributed by atoms with Crippen LogP contribution in [0.3, 0.4) is 0 Å². The van der Waals surface area contributed by atoms with E-state index in [4.69, 9.17) is 5.11 Å². The molecule has 0 aliphatic carbocycles. The number of hydrogen-bond acceptors (Lipinski definition) is 3. The minimum absolute atomic E-state index is 0.303. The lowest BCUT2D eigenvalue weighted by Gasteiger charge is -2.42. The summed E-state index contributed by atoms with van der Waals surface area (Å²) in [5.41, 5.74) is 0. The molecule has 76 valence electrons.